The molecule has 8 heteroatoms. The van der Waals surface area contributed by atoms with E-state index in [1.54, 1.807) is 12.1 Å². The van der Waals surface area contributed by atoms with E-state index >= 15 is 0 Å². The Labute approximate surface area is 159 Å². The zero-order valence-electron chi connectivity index (χ0n) is 10.9. The highest BCUT2D eigenvalue weighted by Gasteiger charge is 2.29. The van der Waals surface area contributed by atoms with Gasteiger partial charge in [-0.1, -0.05) is 15.9 Å². The lowest BCUT2D eigenvalue weighted by atomic mass is 10.2. The van der Waals surface area contributed by atoms with Crippen molar-refractivity contribution >= 4 is 69.7 Å². The van der Waals surface area contributed by atoms with Gasteiger partial charge in [-0.15, -0.1) is 0 Å². The standard InChI is InChI=1S/C14H6Br4O4/c1-5(19)20-10-4-7(16)11(18)14-13(10)21-9-3-6(15)2-8(17)12(9)22-14/h2-4H,1H3. The average molecular weight is 558 g/mol. The van der Waals surface area contributed by atoms with Crippen molar-refractivity contribution in [1.29, 1.82) is 0 Å². The molecule has 0 fully saturated rings. The zero-order valence-corrected chi connectivity index (χ0v) is 17.2. The Kier molecular flexibility index (Phi) is 4.55. The Hall–Kier alpha value is -0.570. The van der Waals surface area contributed by atoms with Gasteiger partial charge in [0.2, 0.25) is 5.75 Å². The molecule has 2 aromatic carbocycles. The summed E-state index contributed by atoms with van der Waals surface area (Å²) in [6.45, 7) is 1.33. The molecule has 0 amide bonds. The van der Waals surface area contributed by atoms with Crippen LogP contribution in [0.15, 0.2) is 36.1 Å². The quantitative estimate of drug-likeness (QED) is 0.251. The summed E-state index contributed by atoms with van der Waals surface area (Å²) >= 11 is 13.7. The minimum absolute atomic E-state index is 0.277. The Morgan fingerprint density at radius 2 is 1.68 bits per heavy atom. The molecule has 1 heterocycles. The maximum absolute atomic E-state index is 11.3. The van der Waals surface area contributed by atoms with E-state index in [1.165, 1.54) is 6.92 Å². The fourth-order valence-electron chi connectivity index (χ4n) is 1.91. The molecule has 0 unspecified atom stereocenters. The number of ether oxygens (including phenoxy) is 3. The Bertz CT molecular complexity index is 804. The third-order valence-electron chi connectivity index (χ3n) is 2.74. The summed E-state index contributed by atoms with van der Waals surface area (Å²) in [5.41, 5.74) is 0. The first kappa shape index (κ1) is 16.3. The van der Waals surface area contributed by atoms with E-state index in [1.807, 2.05) is 6.07 Å². The van der Waals surface area contributed by atoms with E-state index in [9.17, 15) is 4.79 Å². The molecule has 4 nitrogen and oxygen atoms in total. The highest BCUT2D eigenvalue weighted by molar-refractivity contribution is 9.13. The molecule has 0 N–H and O–H groups in total. The van der Waals surface area contributed by atoms with Crippen LogP contribution in [0.25, 0.3) is 0 Å². The number of esters is 1. The van der Waals surface area contributed by atoms with Crippen molar-refractivity contribution in [3.05, 3.63) is 36.1 Å². The van der Waals surface area contributed by atoms with Crippen molar-refractivity contribution in [2.45, 2.75) is 6.92 Å². The fourth-order valence-corrected chi connectivity index (χ4v) is 3.94. The Morgan fingerprint density at radius 3 is 2.36 bits per heavy atom. The zero-order chi connectivity index (χ0) is 16.0. The molecule has 22 heavy (non-hydrogen) atoms. The van der Waals surface area contributed by atoms with Gasteiger partial charge >= 0.3 is 5.97 Å². The Balaban J connectivity index is 2.18. The van der Waals surface area contributed by atoms with Crippen LogP contribution in [0.1, 0.15) is 6.92 Å². The number of rotatable bonds is 1. The molecule has 0 bridgehead atoms. The molecule has 1 aliphatic heterocycles. The maximum atomic E-state index is 11.3. The minimum atomic E-state index is -0.443. The van der Waals surface area contributed by atoms with Crippen molar-refractivity contribution in [1.82, 2.24) is 0 Å². The van der Waals surface area contributed by atoms with Crippen molar-refractivity contribution in [2.75, 3.05) is 0 Å². The molecule has 0 saturated carbocycles. The second-order valence-electron chi connectivity index (χ2n) is 4.34. The topological polar surface area (TPSA) is 44.8 Å². The number of halogens is 4. The molecular weight excluding hydrogens is 552 g/mol. The highest BCUT2D eigenvalue weighted by atomic mass is 79.9. The first-order valence-electron chi connectivity index (χ1n) is 5.92. The van der Waals surface area contributed by atoms with Gasteiger partial charge < -0.3 is 14.2 Å². The Morgan fingerprint density at radius 1 is 0.955 bits per heavy atom. The smallest absolute Gasteiger partial charge is 0.308 e. The van der Waals surface area contributed by atoms with E-state index in [2.05, 4.69) is 63.7 Å². The van der Waals surface area contributed by atoms with E-state index in [0.717, 1.165) is 8.95 Å². The third-order valence-corrected chi connectivity index (χ3v) is 5.73. The van der Waals surface area contributed by atoms with Crippen molar-refractivity contribution in [2.24, 2.45) is 0 Å². The lowest BCUT2D eigenvalue weighted by Gasteiger charge is -2.24. The summed E-state index contributed by atoms with van der Waals surface area (Å²) in [4.78, 5) is 11.3. The first-order valence-corrected chi connectivity index (χ1v) is 9.09. The normalized spacial score (nSPS) is 11.9. The van der Waals surface area contributed by atoms with Crippen LogP contribution in [-0.4, -0.2) is 5.97 Å². The predicted molar refractivity (Wildman–Crippen MR) is 95.1 cm³/mol. The molecular formula is C14H6Br4O4. The SMILES string of the molecule is CC(=O)Oc1cc(Br)c(Br)c2c1Oc1cc(Br)cc(Br)c1O2. The predicted octanol–water partition coefficient (Wildman–Crippen LogP) is 6.56. The highest BCUT2D eigenvalue weighted by Crippen LogP contribution is 2.57. The molecule has 0 aromatic heterocycles. The van der Waals surface area contributed by atoms with Gasteiger partial charge in [0.25, 0.3) is 0 Å². The lowest BCUT2D eigenvalue weighted by molar-refractivity contribution is -0.132. The molecule has 0 saturated heterocycles. The summed E-state index contributed by atoms with van der Waals surface area (Å²) in [5, 5.41) is 0. The van der Waals surface area contributed by atoms with Crippen LogP contribution in [0.5, 0.6) is 28.7 Å². The molecule has 0 atom stereocenters. The van der Waals surface area contributed by atoms with E-state index in [0.29, 0.717) is 31.9 Å². The molecule has 0 radical (unpaired) electrons. The second-order valence-corrected chi connectivity index (χ2v) is 7.76. The molecule has 0 aliphatic carbocycles. The summed E-state index contributed by atoms with van der Waals surface area (Å²) in [6, 6.07) is 5.27. The van der Waals surface area contributed by atoms with E-state index < -0.39 is 5.97 Å². The fraction of sp³-hybridized carbons (Fsp3) is 0.0714. The number of benzene rings is 2. The summed E-state index contributed by atoms with van der Waals surface area (Å²) < 4.78 is 20.0. The van der Waals surface area contributed by atoms with Crippen LogP contribution in [-0.2, 0) is 4.79 Å². The minimum Gasteiger partial charge on any atom is -0.447 e. The van der Waals surface area contributed by atoms with Gasteiger partial charge in [0.1, 0.15) is 0 Å². The number of carbonyl (C=O) groups excluding carboxylic acids is 1. The van der Waals surface area contributed by atoms with Crippen molar-refractivity contribution in [3.8, 4) is 28.7 Å². The second kappa shape index (κ2) is 6.14. The van der Waals surface area contributed by atoms with Gasteiger partial charge in [-0.2, -0.15) is 0 Å². The molecule has 2 aromatic rings. The summed E-state index contributed by atoms with van der Waals surface area (Å²) in [5.74, 6) is 1.66. The average Bonchev–Trinajstić information content (AvgIpc) is 2.42. The number of hydrogen-bond acceptors (Lipinski definition) is 4. The van der Waals surface area contributed by atoms with Gasteiger partial charge in [-0.05, 0) is 59.9 Å². The lowest BCUT2D eigenvalue weighted by Crippen LogP contribution is -2.07. The van der Waals surface area contributed by atoms with Gasteiger partial charge in [0.15, 0.2) is 23.0 Å². The van der Waals surface area contributed by atoms with Crippen LogP contribution in [0.4, 0.5) is 0 Å². The van der Waals surface area contributed by atoms with Gasteiger partial charge in [-0.3, -0.25) is 4.79 Å². The van der Waals surface area contributed by atoms with Crippen LogP contribution in [0.2, 0.25) is 0 Å². The molecule has 114 valence electrons. The number of hydrogen-bond donors (Lipinski definition) is 0. The molecule has 0 spiro atoms. The molecule has 3 rings (SSSR count). The number of fused-ring (bicyclic) bond motifs is 2. The monoisotopic (exact) mass is 554 g/mol. The van der Waals surface area contributed by atoms with Crippen molar-refractivity contribution in [3.63, 3.8) is 0 Å². The summed E-state index contributed by atoms with van der Waals surface area (Å²) in [7, 11) is 0. The first-order chi connectivity index (χ1) is 10.4. The van der Waals surface area contributed by atoms with E-state index in [4.69, 9.17) is 14.2 Å². The van der Waals surface area contributed by atoms with Crippen LogP contribution < -0.4 is 14.2 Å². The summed E-state index contributed by atoms with van der Waals surface area (Å²) in [6.07, 6.45) is 0. The van der Waals surface area contributed by atoms with Gasteiger partial charge in [-0.25, -0.2) is 0 Å². The number of carbonyl (C=O) groups is 1. The van der Waals surface area contributed by atoms with Crippen LogP contribution in [0, 0.1) is 0 Å². The van der Waals surface area contributed by atoms with Gasteiger partial charge in [0.05, 0.1) is 8.95 Å². The third kappa shape index (κ3) is 2.93. The van der Waals surface area contributed by atoms with Crippen LogP contribution in [0.3, 0.4) is 0 Å². The van der Waals surface area contributed by atoms with Gasteiger partial charge in [0, 0.05) is 21.9 Å². The maximum Gasteiger partial charge on any atom is 0.308 e. The van der Waals surface area contributed by atoms with Crippen molar-refractivity contribution < 1.29 is 19.0 Å². The van der Waals surface area contributed by atoms with E-state index in [-0.39, 0.29) is 5.75 Å². The van der Waals surface area contributed by atoms with Crippen LogP contribution >= 0.6 is 63.7 Å². The molecule has 1 aliphatic rings. The largest absolute Gasteiger partial charge is 0.447 e.